The zero-order valence-corrected chi connectivity index (χ0v) is 13.0. The molecular formula is C15H23N3O3. The van der Waals surface area contributed by atoms with E-state index in [2.05, 4.69) is 5.32 Å². The largest absolute Gasteiger partial charge is 0.444 e. The number of carbonyl (C=O) groups is 2. The van der Waals surface area contributed by atoms with Gasteiger partial charge in [0, 0.05) is 19.3 Å². The van der Waals surface area contributed by atoms with Crippen LogP contribution in [-0.4, -0.2) is 36.1 Å². The Morgan fingerprint density at radius 2 is 1.90 bits per heavy atom. The third-order valence-electron chi connectivity index (χ3n) is 2.62. The Bertz CT molecular complexity index is 509. The van der Waals surface area contributed by atoms with E-state index in [-0.39, 0.29) is 12.5 Å². The van der Waals surface area contributed by atoms with Crippen molar-refractivity contribution in [1.82, 2.24) is 10.2 Å². The molecule has 0 aliphatic heterocycles. The number of carbonyl (C=O) groups excluding carboxylic acids is 2. The van der Waals surface area contributed by atoms with Crippen molar-refractivity contribution in [2.24, 2.45) is 0 Å². The molecule has 116 valence electrons. The Hall–Kier alpha value is -2.24. The van der Waals surface area contributed by atoms with Gasteiger partial charge in [-0.3, -0.25) is 4.79 Å². The number of anilines is 1. The molecule has 0 unspecified atom stereocenters. The molecule has 1 aromatic carbocycles. The van der Waals surface area contributed by atoms with Crippen molar-refractivity contribution in [3.63, 3.8) is 0 Å². The molecule has 1 aromatic rings. The van der Waals surface area contributed by atoms with Crippen LogP contribution in [0.25, 0.3) is 0 Å². The van der Waals surface area contributed by atoms with Crippen molar-refractivity contribution >= 4 is 17.7 Å². The minimum absolute atomic E-state index is 0.0678. The highest BCUT2D eigenvalue weighted by atomic mass is 16.6. The number of hydrogen-bond acceptors (Lipinski definition) is 4. The first-order valence-corrected chi connectivity index (χ1v) is 6.73. The van der Waals surface area contributed by atoms with Crippen molar-refractivity contribution in [3.05, 3.63) is 29.8 Å². The SMILES string of the molecule is CN(CC(=O)NCc1ccccc1N)C(=O)OC(C)(C)C. The van der Waals surface area contributed by atoms with E-state index in [9.17, 15) is 9.59 Å². The van der Waals surface area contributed by atoms with Gasteiger partial charge in [0.15, 0.2) is 0 Å². The Morgan fingerprint density at radius 1 is 1.29 bits per heavy atom. The minimum Gasteiger partial charge on any atom is -0.444 e. The summed E-state index contributed by atoms with van der Waals surface area (Å²) in [5.41, 5.74) is 6.67. The summed E-state index contributed by atoms with van der Waals surface area (Å²) in [5.74, 6) is -0.272. The Balaban J connectivity index is 2.43. The van der Waals surface area contributed by atoms with E-state index in [0.717, 1.165) is 5.56 Å². The maximum atomic E-state index is 11.8. The number of amides is 2. The second kappa shape index (κ2) is 6.97. The first kappa shape index (κ1) is 16.8. The van der Waals surface area contributed by atoms with Crippen molar-refractivity contribution in [1.29, 1.82) is 0 Å². The zero-order chi connectivity index (χ0) is 16.0. The summed E-state index contributed by atoms with van der Waals surface area (Å²) >= 11 is 0. The highest BCUT2D eigenvalue weighted by Crippen LogP contribution is 2.10. The lowest BCUT2D eigenvalue weighted by Crippen LogP contribution is -2.40. The Labute approximate surface area is 125 Å². The van der Waals surface area contributed by atoms with Crippen LogP contribution in [0.15, 0.2) is 24.3 Å². The monoisotopic (exact) mass is 293 g/mol. The van der Waals surface area contributed by atoms with E-state index in [1.165, 1.54) is 11.9 Å². The van der Waals surface area contributed by atoms with Crippen LogP contribution >= 0.6 is 0 Å². The number of likely N-dealkylation sites (N-methyl/N-ethyl adjacent to an activating group) is 1. The average molecular weight is 293 g/mol. The number of nitrogen functional groups attached to an aromatic ring is 1. The Morgan fingerprint density at radius 3 is 2.48 bits per heavy atom. The van der Waals surface area contributed by atoms with Crippen LogP contribution in [0, 0.1) is 0 Å². The van der Waals surface area contributed by atoms with Crippen molar-refractivity contribution in [2.75, 3.05) is 19.3 Å². The molecule has 0 atom stereocenters. The lowest BCUT2D eigenvalue weighted by atomic mass is 10.2. The van der Waals surface area contributed by atoms with Gasteiger partial charge in [-0.1, -0.05) is 18.2 Å². The maximum absolute atomic E-state index is 11.8. The highest BCUT2D eigenvalue weighted by Gasteiger charge is 2.20. The smallest absolute Gasteiger partial charge is 0.410 e. The molecule has 3 N–H and O–H groups in total. The standard InChI is InChI=1S/C15H23N3O3/c1-15(2,3)21-14(20)18(4)10-13(19)17-9-11-7-5-6-8-12(11)16/h5-8H,9-10,16H2,1-4H3,(H,17,19). The summed E-state index contributed by atoms with van der Waals surface area (Å²) in [6, 6.07) is 7.29. The fourth-order valence-electron chi connectivity index (χ4n) is 1.56. The van der Waals surface area contributed by atoms with Gasteiger partial charge in [-0.05, 0) is 32.4 Å². The summed E-state index contributed by atoms with van der Waals surface area (Å²) in [5, 5.41) is 2.72. The van der Waals surface area contributed by atoms with E-state index >= 15 is 0 Å². The number of nitrogens with zero attached hydrogens (tertiary/aromatic N) is 1. The maximum Gasteiger partial charge on any atom is 0.410 e. The Kier molecular flexibility index (Phi) is 5.58. The summed E-state index contributed by atoms with van der Waals surface area (Å²) in [7, 11) is 1.52. The van der Waals surface area contributed by atoms with E-state index in [1.54, 1.807) is 26.8 Å². The minimum atomic E-state index is -0.583. The van der Waals surface area contributed by atoms with Gasteiger partial charge in [-0.15, -0.1) is 0 Å². The summed E-state index contributed by atoms with van der Waals surface area (Å²) in [6.07, 6.45) is -0.531. The quantitative estimate of drug-likeness (QED) is 0.828. The molecule has 0 saturated carbocycles. The lowest BCUT2D eigenvalue weighted by Gasteiger charge is -2.24. The second-order valence-electron chi connectivity index (χ2n) is 5.81. The molecule has 21 heavy (non-hydrogen) atoms. The lowest BCUT2D eigenvalue weighted by molar-refractivity contribution is -0.122. The predicted molar refractivity (Wildman–Crippen MR) is 81.6 cm³/mol. The third-order valence-corrected chi connectivity index (χ3v) is 2.62. The second-order valence-corrected chi connectivity index (χ2v) is 5.81. The summed E-state index contributed by atoms with van der Waals surface area (Å²) in [6.45, 7) is 5.58. The van der Waals surface area contributed by atoms with Crippen molar-refractivity contribution in [3.8, 4) is 0 Å². The number of para-hydroxylation sites is 1. The number of nitrogens with two attached hydrogens (primary N) is 1. The van der Waals surface area contributed by atoms with Crippen molar-refractivity contribution < 1.29 is 14.3 Å². The molecule has 2 amide bonds. The highest BCUT2D eigenvalue weighted by molar-refractivity contribution is 5.82. The van der Waals surface area contributed by atoms with Gasteiger partial charge in [-0.2, -0.15) is 0 Å². The molecule has 0 spiro atoms. The number of ether oxygens (including phenoxy) is 1. The molecule has 0 radical (unpaired) electrons. The van der Waals surface area contributed by atoms with E-state index in [1.807, 2.05) is 18.2 Å². The molecule has 0 heterocycles. The first-order valence-electron chi connectivity index (χ1n) is 6.73. The topological polar surface area (TPSA) is 84.7 Å². The van der Waals surface area contributed by atoms with Crippen LogP contribution in [0.5, 0.6) is 0 Å². The number of hydrogen-bond donors (Lipinski definition) is 2. The van der Waals surface area contributed by atoms with Crippen LogP contribution in [0.1, 0.15) is 26.3 Å². The van der Waals surface area contributed by atoms with Crippen LogP contribution in [0.2, 0.25) is 0 Å². The predicted octanol–water partition coefficient (Wildman–Crippen LogP) is 1.75. The van der Waals surface area contributed by atoms with Crippen LogP contribution < -0.4 is 11.1 Å². The molecule has 6 heteroatoms. The van der Waals surface area contributed by atoms with Gasteiger partial charge in [-0.25, -0.2) is 4.79 Å². The van der Waals surface area contributed by atoms with Gasteiger partial charge in [0.1, 0.15) is 12.1 Å². The van der Waals surface area contributed by atoms with Gasteiger partial charge in [0.2, 0.25) is 5.91 Å². The first-order chi connectivity index (χ1) is 9.69. The van der Waals surface area contributed by atoms with Crippen LogP contribution in [-0.2, 0) is 16.1 Å². The third kappa shape index (κ3) is 6.16. The fraction of sp³-hybridized carbons (Fsp3) is 0.467. The number of benzene rings is 1. The van der Waals surface area contributed by atoms with Crippen molar-refractivity contribution in [2.45, 2.75) is 32.9 Å². The summed E-state index contributed by atoms with van der Waals surface area (Å²) in [4.78, 5) is 24.8. The van der Waals surface area contributed by atoms with E-state index in [0.29, 0.717) is 12.2 Å². The molecule has 0 aromatic heterocycles. The van der Waals surface area contributed by atoms with Gasteiger partial charge < -0.3 is 20.7 Å². The molecule has 0 aliphatic carbocycles. The molecule has 6 nitrogen and oxygen atoms in total. The van der Waals surface area contributed by atoms with E-state index in [4.69, 9.17) is 10.5 Å². The molecular weight excluding hydrogens is 270 g/mol. The molecule has 0 aliphatic rings. The molecule has 0 bridgehead atoms. The normalized spacial score (nSPS) is 10.9. The van der Waals surface area contributed by atoms with Gasteiger partial charge >= 0.3 is 6.09 Å². The average Bonchev–Trinajstić information content (AvgIpc) is 2.35. The number of nitrogens with one attached hydrogen (secondary N) is 1. The molecule has 0 saturated heterocycles. The molecule has 1 rings (SSSR count). The fourth-order valence-corrected chi connectivity index (χ4v) is 1.56. The van der Waals surface area contributed by atoms with Crippen LogP contribution in [0.4, 0.5) is 10.5 Å². The number of rotatable bonds is 4. The zero-order valence-electron chi connectivity index (χ0n) is 13.0. The van der Waals surface area contributed by atoms with Gasteiger partial charge in [0.05, 0.1) is 0 Å². The van der Waals surface area contributed by atoms with E-state index < -0.39 is 11.7 Å². The summed E-state index contributed by atoms with van der Waals surface area (Å²) < 4.78 is 5.17. The van der Waals surface area contributed by atoms with Gasteiger partial charge in [0.25, 0.3) is 0 Å². The van der Waals surface area contributed by atoms with Crippen LogP contribution in [0.3, 0.4) is 0 Å². The molecule has 0 fully saturated rings.